The van der Waals surface area contributed by atoms with Crippen LogP contribution in [0.1, 0.15) is 55.2 Å². The van der Waals surface area contributed by atoms with Gasteiger partial charge in [0.25, 0.3) is 5.91 Å². The smallest absolute Gasteiger partial charge is 0.267 e. The molecule has 4 rings (SSSR count). The van der Waals surface area contributed by atoms with Gasteiger partial charge in [-0.05, 0) is 39.5 Å². The van der Waals surface area contributed by atoms with E-state index in [2.05, 4.69) is 25.5 Å². The van der Waals surface area contributed by atoms with E-state index < -0.39 is 15.9 Å². The first-order valence-corrected chi connectivity index (χ1v) is 12.5. The highest BCUT2D eigenvalue weighted by atomic mass is 32.2. The molecule has 0 radical (unpaired) electrons. The number of hydrogen-bond acceptors (Lipinski definition) is 8. The number of nitrogens with zero attached hydrogens (tertiary/aromatic N) is 5. The Hall–Kier alpha value is -2.73. The van der Waals surface area contributed by atoms with Gasteiger partial charge in [-0.1, -0.05) is 6.42 Å². The van der Waals surface area contributed by atoms with Crippen LogP contribution < -0.4 is 16.0 Å². The van der Waals surface area contributed by atoms with E-state index in [1.165, 1.54) is 6.07 Å². The summed E-state index contributed by atoms with van der Waals surface area (Å²) in [6, 6.07) is 3.32. The molecule has 0 aromatic carbocycles. The molecule has 4 heterocycles. The van der Waals surface area contributed by atoms with Crippen LogP contribution >= 0.6 is 0 Å². The number of anilines is 3. The second-order valence-corrected chi connectivity index (χ2v) is 10.7. The van der Waals surface area contributed by atoms with E-state index in [0.717, 1.165) is 25.0 Å². The Morgan fingerprint density at radius 1 is 1.25 bits per heavy atom. The van der Waals surface area contributed by atoms with Gasteiger partial charge in [0.1, 0.15) is 11.5 Å². The van der Waals surface area contributed by atoms with Crippen LogP contribution in [0.15, 0.2) is 12.1 Å². The van der Waals surface area contributed by atoms with Crippen LogP contribution in [0.2, 0.25) is 0 Å². The molecule has 2 aromatic rings. The van der Waals surface area contributed by atoms with Gasteiger partial charge in [-0.2, -0.15) is 14.4 Å². The van der Waals surface area contributed by atoms with Crippen LogP contribution in [-0.4, -0.2) is 69.7 Å². The van der Waals surface area contributed by atoms with Crippen LogP contribution in [-0.2, 0) is 10.0 Å². The van der Waals surface area contributed by atoms with E-state index in [-0.39, 0.29) is 29.6 Å². The fraction of sp³-hybridized carbons (Fsp3) is 0.600. The SMILES string of the molecule is CCS(=O)(=O)N1[C@@H]2CCC[C@H]1CC(N(C)c1nc(Nc3cc(C)[nH]n3)cc(C(N)=O)n1)C2. The average Bonchev–Trinajstić information content (AvgIpc) is 3.16. The molecule has 0 aliphatic carbocycles. The van der Waals surface area contributed by atoms with Crippen molar-refractivity contribution in [3.8, 4) is 0 Å². The maximum atomic E-state index is 12.7. The maximum absolute atomic E-state index is 12.7. The van der Waals surface area contributed by atoms with E-state index >= 15 is 0 Å². The summed E-state index contributed by atoms with van der Waals surface area (Å²) in [5.74, 6) is 0.813. The molecule has 4 N–H and O–H groups in total. The lowest BCUT2D eigenvalue weighted by Gasteiger charge is -2.49. The lowest BCUT2D eigenvalue weighted by molar-refractivity contribution is 0.0994. The van der Waals surface area contributed by atoms with Gasteiger partial charge in [-0.3, -0.25) is 9.89 Å². The molecule has 2 fully saturated rings. The van der Waals surface area contributed by atoms with Gasteiger partial charge in [-0.25, -0.2) is 13.4 Å². The summed E-state index contributed by atoms with van der Waals surface area (Å²) in [6.45, 7) is 3.58. The highest BCUT2D eigenvalue weighted by molar-refractivity contribution is 7.89. The zero-order valence-electron chi connectivity index (χ0n) is 18.6. The van der Waals surface area contributed by atoms with Crippen LogP contribution in [0.5, 0.6) is 0 Å². The fourth-order valence-corrected chi connectivity index (χ4v) is 6.38. The number of aromatic amines is 1. The summed E-state index contributed by atoms with van der Waals surface area (Å²) in [5.41, 5.74) is 6.50. The number of hydrogen-bond donors (Lipinski definition) is 3. The van der Waals surface area contributed by atoms with Gasteiger partial charge in [0.05, 0.1) is 5.75 Å². The second-order valence-electron chi connectivity index (χ2n) is 8.57. The Morgan fingerprint density at radius 3 is 2.50 bits per heavy atom. The molecule has 1 amide bonds. The lowest BCUT2D eigenvalue weighted by atomic mass is 9.83. The number of H-pyrrole nitrogens is 1. The molecule has 174 valence electrons. The van der Waals surface area contributed by atoms with Crippen molar-refractivity contribution in [2.75, 3.05) is 23.0 Å². The molecule has 32 heavy (non-hydrogen) atoms. The van der Waals surface area contributed by atoms with Gasteiger partial charge in [0.2, 0.25) is 16.0 Å². The standard InChI is InChI=1S/C20H30N8O3S/c1-4-32(30,31)28-13-6-5-7-14(28)10-15(9-13)27(3)20-22-16(19(21)29)11-17(24-20)23-18-8-12(2)25-26-18/h8,11,13-15H,4-7,9-10H2,1-3H3,(H2,21,29)(H2,22,23,24,25,26)/t13-,14+,15?. The third kappa shape index (κ3) is 4.42. The van der Waals surface area contributed by atoms with Crippen molar-refractivity contribution < 1.29 is 13.2 Å². The minimum absolute atomic E-state index is 0.0242. The molecule has 0 spiro atoms. The van der Waals surface area contributed by atoms with Crippen molar-refractivity contribution in [1.29, 1.82) is 0 Å². The first-order chi connectivity index (χ1) is 15.2. The topological polar surface area (TPSA) is 150 Å². The normalized spacial score (nSPS) is 23.7. The minimum Gasteiger partial charge on any atom is -0.364 e. The second kappa shape index (κ2) is 8.66. The number of nitrogens with one attached hydrogen (secondary N) is 2. The molecule has 2 aliphatic heterocycles. The Kier molecular flexibility index (Phi) is 6.08. The van der Waals surface area contributed by atoms with E-state index in [4.69, 9.17) is 5.73 Å². The number of aryl methyl sites for hydroxylation is 1. The quantitative estimate of drug-likeness (QED) is 0.560. The zero-order chi connectivity index (χ0) is 23.0. The van der Waals surface area contributed by atoms with Crippen LogP contribution in [0.4, 0.5) is 17.6 Å². The van der Waals surface area contributed by atoms with Crippen molar-refractivity contribution in [2.24, 2.45) is 5.73 Å². The van der Waals surface area contributed by atoms with Crippen molar-refractivity contribution in [3.63, 3.8) is 0 Å². The van der Waals surface area contributed by atoms with Gasteiger partial charge < -0.3 is 16.0 Å². The predicted octanol–water partition coefficient (Wildman–Crippen LogP) is 1.52. The molecular weight excluding hydrogens is 432 g/mol. The third-order valence-electron chi connectivity index (χ3n) is 6.36. The number of primary amides is 1. The molecule has 11 nitrogen and oxygen atoms in total. The van der Waals surface area contributed by atoms with Crippen LogP contribution in [0.25, 0.3) is 0 Å². The largest absolute Gasteiger partial charge is 0.364 e. The van der Waals surface area contributed by atoms with Crippen molar-refractivity contribution in [1.82, 2.24) is 24.5 Å². The zero-order valence-corrected chi connectivity index (χ0v) is 19.4. The number of carbonyl (C=O) groups excluding carboxylic acids is 1. The highest BCUT2D eigenvalue weighted by Gasteiger charge is 2.45. The average molecular weight is 463 g/mol. The van der Waals surface area contributed by atoms with Gasteiger partial charge >= 0.3 is 0 Å². The number of rotatable bonds is 7. The van der Waals surface area contributed by atoms with E-state index in [9.17, 15) is 13.2 Å². The number of nitrogens with two attached hydrogens (primary N) is 1. The van der Waals surface area contributed by atoms with Crippen molar-refractivity contribution in [2.45, 2.75) is 64.1 Å². The van der Waals surface area contributed by atoms with E-state index in [1.54, 1.807) is 11.2 Å². The van der Waals surface area contributed by atoms with Gasteiger partial charge in [0.15, 0.2) is 5.82 Å². The molecule has 2 saturated heterocycles. The molecule has 2 aromatic heterocycles. The Morgan fingerprint density at radius 2 is 1.94 bits per heavy atom. The molecular formula is C20H30N8O3S. The summed E-state index contributed by atoms with van der Waals surface area (Å²) < 4.78 is 27.1. The minimum atomic E-state index is -3.25. The maximum Gasteiger partial charge on any atom is 0.267 e. The van der Waals surface area contributed by atoms with Gasteiger partial charge in [0, 0.05) is 43.0 Å². The lowest BCUT2D eigenvalue weighted by Crippen LogP contribution is -2.58. The van der Waals surface area contributed by atoms with E-state index in [1.807, 2.05) is 24.9 Å². The molecule has 0 saturated carbocycles. The number of fused-ring (bicyclic) bond motifs is 2. The monoisotopic (exact) mass is 462 g/mol. The van der Waals surface area contributed by atoms with Gasteiger partial charge in [-0.15, -0.1) is 0 Å². The number of sulfonamides is 1. The number of aromatic nitrogens is 4. The van der Waals surface area contributed by atoms with Crippen LogP contribution in [0, 0.1) is 6.92 Å². The van der Waals surface area contributed by atoms with Crippen LogP contribution in [0.3, 0.4) is 0 Å². The van der Waals surface area contributed by atoms with Crippen molar-refractivity contribution in [3.05, 3.63) is 23.5 Å². The predicted molar refractivity (Wildman–Crippen MR) is 121 cm³/mol. The van der Waals surface area contributed by atoms with Crippen molar-refractivity contribution >= 4 is 33.5 Å². The summed E-state index contributed by atoms with van der Waals surface area (Å²) in [5, 5.41) is 10.1. The first-order valence-electron chi connectivity index (χ1n) is 10.9. The molecule has 12 heteroatoms. The molecule has 2 aliphatic rings. The summed E-state index contributed by atoms with van der Waals surface area (Å²) in [7, 11) is -1.37. The van der Waals surface area contributed by atoms with E-state index in [0.29, 0.717) is 30.4 Å². The Balaban J connectivity index is 1.60. The molecule has 3 atom stereocenters. The number of piperidine rings is 2. The number of amides is 1. The molecule has 2 bridgehead atoms. The number of carbonyl (C=O) groups is 1. The summed E-state index contributed by atoms with van der Waals surface area (Å²) in [6.07, 6.45) is 4.13. The third-order valence-corrected chi connectivity index (χ3v) is 8.33. The highest BCUT2D eigenvalue weighted by Crippen LogP contribution is 2.38. The first kappa shape index (κ1) is 22.5. The summed E-state index contributed by atoms with van der Waals surface area (Å²) >= 11 is 0. The molecule has 1 unspecified atom stereocenters. The fourth-order valence-electron chi connectivity index (χ4n) is 4.79. The Bertz CT molecular complexity index is 1090. The Labute approximate surface area is 187 Å². The summed E-state index contributed by atoms with van der Waals surface area (Å²) in [4.78, 5) is 22.8.